The van der Waals surface area contributed by atoms with Gasteiger partial charge in [-0.05, 0) is 131 Å². The number of primary amides is 1. The smallest absolute Gasteiger partial charge is 0.303 e. The fraction of sp³-hybridized carbons (Fsp3) is 0.543. The number of carbonyl (C=O) groups is 17. The van der Waals surface area contributed by atoms with Gasteiger partial charge in [-0.1, -0.05) is 88.1 Å². The third kappa shape index (κ3) is 30.1. The van der Waals surface area contributed by atoms with Crippen molar-refractivity contribution in [1.82, 2.24) is 103 Å². The zero-order valence-electron chi connectivity index (χ0n) is 79.1. The predicted molar refractivity (Wildman–Crippen MR) is 513 cm³/mol. The van der Waals surface area contributed by atoms with E-state index in [4.69, 9.17) is 22.6 Å². The van der Waals surface area contributed by atoms with Gasteiger partial charge in [-0.2, -0.15) is 0 Å². The zero-order valence-corrected chi connectivity index (χ0v) is 79.9. The van der Waals surface area contributed by atoms with E-state index >= 15 is 62.3 Å². The molecule has 4 fully saturated rings. The van der Waals surface area contributed by atoms with Crippen molar-refractivity contribution in [3.8, 4) is 5.75 Å². The number of hydrogen-bond acceptors (Lipinski definition) is 24. The second kappa shape index (κ2) is 52.9. The first-order valence-electron chi connectivity index (χ1n) is 47.6. The normalized spacial score (nSPS) is 24.7. The first kappa shape index (κ1) is 108. The van der Waals surface area contributed by atoms with E-state index < -0.39 is 254 Å². The van der Waals surface area contributed by atoms with Crippen LogP contribution in [0.3, 0.4) is 0 Å². The number of piperidine rings is 1. The van der Waals surface area contributed by atoms with Crippen LogP contribution in [0.1, 0.15) is 158 Å². The average Bonchev–Trinajstić information content (AvgIpc) is 1.51. The van der Waals surface area contributed by atoms with E-state index in [1.165, 1.54) is 55.8 Å². The Balaban J connectivity index is 1.03. The highest BCUT2D eigenvalue weighted by Gasteiger charge is 2.47. The molecule has 7 heterocycles. The Hall–Kier alpha value is -13.8. The van der Waals surface area contributed by atoms with Crippen molar-refractivity contribution >= 4 is 140 Å². The molecule has 760 valence electrons. The Morgan fingerprint density at radius 3 is 1.64 bits per heavy atom. The lowest BCUT2D eigenvalue weighted by atomic mass is 9.97. The Labute approximate surface area is 813 Å². The van der Waals surface area contributed by atoms with Crippen LogP contribution in [-0.2, 0) is 107 Å². The lowest BCUT2D eigenvalue weighted by Gasteiger charge is -2.38. The van der Waals surface area contributed by atoms with Crippen LogP contribution in [0.25, 0.3) is 21.8 Å². The summed E-state index contributed by atoms with van der Waals surface area (Å²) in [6, 6.07) is -1.68. The second-order valence-corrected chi connectivity index (χ2v) is 36.8. The molecule has 4 aliphatic rings. The first-order valence-corrected chi connectivity index (χ1v) is 48.7. The molecule has 15 atom stereocenters. The maximum atomic E-state index is 15.9. The number of nitrogens with one attached hydrogen (secondary N) is 15. The fourth-order valence-electron chi connectivity index (χ4n) is 18.0. The molecule has 10 rings (SSSR count). The number of nitrogens with zero attached hydrogens (tertiary/aromatic N) is 6. The number of guanidine groups is 1. The Morgan fingerprint density at radius 1 is 0.521 bits per heavy atom. The van der Waals surface area contributed by atoms with E-state index in [9.17, 15) is 39.6 Å². The van der Waals surface area contributed by atoms with Gasteiger partial charge in [0.1, 0.15) is 90.3 Å². The molecule has 0 unspecified atom stereocenters. The highest BCUT2D eigenvalue weighted by molar-refractivity contribution is 8.00. The number of hydrogen-bond donors (Lipinski definition) is 22. The summed E-state index contributed by atoms with van der Waals surface area (Å²) in [6.45, 7) is 1.51. The summed E-state index contributed by atoms with van der Waals surface area (Å²) in [7, 11) is 2.71. The standard InChI is InChI=1S/C94H132N24O21S/c1-5-7-24-72-85(131)107-63(23-16-36-100-94(97)98)81(127)113-71(80(126)103-48-77(96)122)50-140-51-78(123)105-69(40-53-28-30-57(120)31-29-53)92(138)116-37-14-13-26-73(116)86(132)109-66(32-33-79(124)125)90(136)117-38-17-27-74(117)87(133)111-68(43-56-47-99-52-104-56)84(130)108-65(22-15-35-95)91(137)118-49-58(121)44-76(118)88(134)110-67(41-54-45-101-61-20-11-9-18-59(54)61)83(129)106-64(34-39-119)82(128)112-70(42-55-46-102-62-21-12-10-19-60(55)62)89(135)115(4)75(25-8-6-2)93(139)114(72)3/h9-12,18-21,28-31,45-47,52,58,63-76,101-102,119-121H,5-8,13-17,22-27,32-44,48-51,95H2,1-4H3,(H2,96,122)(H,99,104)(H,103,126)(H,105,123)(H,106,129)(H,107,131)(H,108,130)(H,109,132)(H,110,134)(H,111,133)(H,112,128)(H,113,127)(H,124,125)(H4,97,98,100)/t58-,63+,64+,65+,66+,67+,68+,69+,70+,71+,72+,73+,74+,75+,76+/m1/s1. The number of fused-ring (bicyclic) bond motifs is 5. The quantitative estimate of drug-likeness (QED) is 0.0133. The number of aliphatic carboxylic acids is 1. The number of carboxylic acid groups (broad SMARTS) is 1. The Bertz CT molecular complexity index is 5350. The number of amides is 16. The van der Waals surface area contributed by atoms with E-state index in [1.807, 2.05) is 13.8 Å². The number of carbonyl (C=O) groups excluding carboxylic acids is 16. The molecule has 46 heteroatoms. The highest BCUT2D eigenvalue weighted by atomic mass is 32.2. The summed E-state index contributed by atoms with van der Waals surface area (Å²) in [5, 5.41) is 81.5. The van der Waals surface area contributed by atoms with Gasteiger partial charge in [0, 0.05) is 132 Å². The van der Waals surface area contributed by atoms with E-state index in [1.54, 1.807) is 60.9 Å². The number of thioether (sulfide) groups is 1. The molecule has 16 amide bonds. The fourth-order valence-corrected chi connectivity index (χ4v) is 18.9. The number of benzene rings is 3. The average molecular weight is 1970 g/mol. The van der Waals surface area contributed by atoms with Crippen molar-refractivity contribution in [3.63, 3.8) is 0 Å². The van der Waals surface area contributed by atoms with Crippen molar-refractivity contribution < 1.29 is 102 Å². The molecular weight excluding hydrogens is 1830 g/mol. The number of aliphatic hydroxyl groups excluding tert-OH is 2. The summed E-state index contributed by atoms with van der Waals surface area (Å²) in [4.78, 5) is 272. The van der Waals surface area contributed by atoms with Gasteiger partial charge in [0.15, 0.2) is 5.96 Å². The molecular formula is C94H132N24O21S. The molecule has 0 radical (unpaired) electrons. The number of unbranched alkanes of at least 4 members (excludes halogenated alkanes) is 2. The van der Waals surface area contributed by atoms with Crippen molar-refractivity contribution in [2.24, 2.45) is 17.2 Å². The topological polar surface area (TPSA) is 682 Å². The molecule has 3 aromatic carbocycles. The third-order valence-corrected chi connectivity index (χ3v) is 26.6. The van der Waals surface area contributed by atoms with Crippen LogP contribution in [-0.4, -0.2) is 333 Å². The van der Waals surface area contributed by atoms with E-state index in [2.05, 4.69) is 78.4 Å². The van der Waals surface area contributed by atoms with Crippen LogP contribution in [0.5, 0.6) is 5.75 Å². The van der Waals surface area contributed by atoms with E-state index in [0.29, 0.717) is 77.0 Å². The summed E-state index contributed by atoms with van der Waals surface area (Å²) in [6.07, 6.45) is 3.55. The molecule has 6 aromatic rings. The van der Waals surface area contributed by atoms with Crippen molar-refractivity contribution in [2.75, 3.05) is 71.5 Å². The molecule has 4 aliphatic heterocycles. The lowest BCUT2D eigenvalue weighted by molar-refractivity contribution is -0.149. The van der Waals surface area contributed by atoms with Crippen LogP contribution in [0.4, 0.5) is 0 Å². The monoisotopic (exact) mass is 1960 g/mol. The summed E-state index contributed by atoms with van der Waals surface area (Å²) in [5.41, 5.74) is 20.1. The third-order valence-electron chi connectivity index (χ3n) is 25.6. The van der Waals surface area contributed by atoms with Gasteiger partial charge in [0.25, 0.3) is 0 Å². The number of aliphatic hydroxyl groups is 2. The highest BCUT2D eigenvalue weighted by Crippen LogP contribution is 2.29. The number of phenols is 1. The van der Waals surface area contributed by atoms with Gasteiger partial charge >= 0.3 is 5.97 Å². The number of likely N-dealkylation sites (N-methyl/N-ethyl adjacent to an activating group) is 2. The molecule has 3 aromatic heterocycles. The van der Waals surface area contributed by atoms with Crippen LogP contribution in [0, 0.1) is 5.41 Å². The summed E-state index contributed by atoms with van der Waals surface area (Å²) in [5.74, 6) is -17.5. The number of aromatic amines is 3. The maximum Gasteiger partial charge on any atom is 0.303 e. The molecule has 45 nitrogen and oxygen atoms in total. The van der Waals surface area contributed by atoms with E-state index in [0.717, 1.165) is 31.4 Å². The van der Waals surface area contributed by atoms with Crippen LogP contribution in [0.2, 0.25) is 0 Å². The number of phenolic OH excluding ortho intramolecular Hbond substituents is 1. The number of para-hydroxylation sites is 2. The molecule has 4 saturated heterocycles. The summed E-state index contributed by atoms with van der Waals surface area (Å²) >= 11 is 0.778. The minimum absolute atomic E-state index is 0.00343. The lowest BCUT2D eigenvalue weighted by Crippen LogP contribution is -2.61. The van der Waals surface area contributed by atoms with E-state index in [-0.39, 0.29) is 121 Å². The molecule has 0 aliphatic carbocycles. The molecule has 0 spiro atoms. The number of rotatable bonds is 29. The molecule has 25 N–H and O–H groups in total. The van der Waals surface area contributed by atoms with Gasteiger partial charge < -0.3 is 136 Å². The van der Waals surface area contributed by atoms with Crippen molar-refractivity contribution in [2.45, 2.75) is 252 Å². The number of aromatic hydroxyl groups is 1. The number of H-pyrrole nitrogens is 3. The SMILES string of the molecule is CCCC[C@H]1C(=O)N(C)[C@@H](CCCC)C(=O)N[C@@H](CCCNC(=N)N)C(=O)N[C@H](C(=O)NCC(N)=O)CSCC(=O)N[C@@H](Cc2ccc(O)cc2)C(=O)N2CCCC[C@H]2C(=O)N[C@@H](CCC(=O)O)C(=O)N2CCC[C@H]2C(=O)N[C@@H](Cc2c[nH]cn2)C(=O)N[C@@H](CCCN)C(=O)N2C[C@H](O)C[C@H]2C(=O)N[C@@H](Cc2c[nH]c3ccccc23)C(=O)N[C@@H](CCO)C(=O)N[C@@H](Cc2c[nH]c3ccccc23)C(=O)N1C. The van der Waals surface area contributed by atoms with Crippen molar-refractivity contribution in [1.29, 1.82) is 5.41 Å². The largest absolute Gasteiger partial charge is 0.508 e. The molecule has 0 saturated carbocycles. The van der Waals surface area contributed by atoms with Gasteiger partial charge in [0.05, 0.1) is 30.4 Å². The number of aromatic nitrogens is 4. The number of nitrogens with two attached hydrogens (primary N) is 3. The maximum absolute atomic E-state index is 15.9. The van der Waals surface area contributed by atoms with Crippen LogP contribution < -0.4 is 75.7 Å². The number of imidazole rings is 1. The van der Waals surface area contributed by atoms with Crippen molar-refractivity contribution in [3.05, 3.63) is 120 Å². The minimum atomic E-state index is -1.70. The number of carboxylic acids is 1. The summed E-state index contributed by atoms with van der Waals surface area (Å²) < 4.78 is 0. The Kier molecular flexibility index (Phi) is 40.9. The van der Waals surface area contributed by atoms with Crippen LogP contribution >= 0.6 is 11.8 Å². The van der Waals surface area contributed by atoms with Gasteiger partial charge in [-0.25, -0.2) is 4.98 Å². The minimum Gasteiger partial charge on any atom is -0.508 e. The predicted octanol–water partition coefficient (Wildman–Crippen LogP) is -2.32. The van der Waals surface area contributed by atoms with Gasteiger partial charge in [-0.3, -0.25) is 86.9 Å². The molecule has 0 bridgehead atoms. The Morgan fingerprint density at radius 2 is 1.04 bits per heavy atom. The zero-order chi connectivity index (χ0) is 101. The molecule has 140 heavy (non-hydrogen) atoms. The van der Waals surface area contributed by atoms with Gasteiger partial charge in [-0.15, -0.1) is 11.8 Å². The van der Waals surface area contributed by atoms with Gasteiger partial charge in [0.2, 0.25) is 94.5 Å². The second-order valence-electron chi connectivity index (χ2n) is 35.8. The first-order chi connectivity index (χ1) is 67.1. The van der Waals surface area contributed by atoms with Crippen LogP contribution in [0.15, 0.2) is 97.7 Å².